The van der Waals surface area contributed by atoms with Crippen molar-refractivity contribution in [3.8, 4) is 0 Å². The quantitative estimate of drug-likeness (QED) is 0.0309. The molecule has 10 nitrogen and oxygen atoms in total. The van der Waals surface area contributed by atoms with E-state index in [0.29, 0.717) is 31.4 Å². The fraction of sp³-hybridized carbons (Fsp3) is 0.926. The number of carbonyl (C=O) groups excluding carboxylic acids is 2. The Balaban J connectivity index is 1.71. The summed E-state index contributed by atoms with van der Waals surface area (Å²) >= 11 is 1.60. The van der Waals surface area contributed by atoms with Crippen molar-refractivity contribution in [1.82, 2.24) is 25.6 Å². The van der Waals surface area contributed by atoms with Gasteiger partial charge in [0.1, 0.15) is 12.2 Å². The van der Waals surface area contributed by atoms with E-state index in [1.165, 1.54) is 154 Å². The first-order valence-electron chi connectivity index (χ1n) is 28.0. The monoisotopic (exact) mass is 936 g/mol. The Bertz CT molecular complexity index is 1120. The zero-order valence-corrected chi connectivity index (χ0v) is 44.0. The van der Waals surface area contributed by atoms with Crippen molar-refractivity contribution in [2.75, 3.05) is 46.4 Å². The number of hydrogen-bond acceptors (Lipinski definition) is 11. The van der Waals surface area contributed by atoms with Gasteiger partial charge in [0.25, 0.3) is 0 Å². The van der Waals surface area contributed by atoms with Crippen LogP contribution in [0.4, 0.5) is 0 Å². The van der Waals surface area contributed by atoms with Gasteiger partial charge in [-0.1, -0.05) is 169 Å². The van der Waals surface area contributed by atoms with E-state index < -0.39 is 0 Å². The molecule has 0 spiro atoms. The van der Waals surface area contributed by atoms with Crippen LogP contribution in [0.25, 0.3) is 0 Å². The van der Waals surface area contributed by atoms with Crippen LogP contribution in [-0.4, -0.2) is 86.6 Å². The number of hydrogen-bond donors (Lipinski definition) is 3. The van der Waals surface area contributed by atoms with Gasteiger partial charge in [0.15, 0.2) is 0 Å². The lowest BCUT2D eigenvalue weighted by molar-refractivity contribution is -0.150. The molecule has 382 valence electrons. The smallest absolute Gasteiger partial charge is 0.306 e. The Morgan fingerprint density at radius 1 is 0.677 bits per heavy atom. The average Bonchev–Trinajstić information content (AvgIpc) is 3.99. The summed E-state index contributed by atoms with van der Waals surface area (Å²) in [6.07, 6.45) is 40.6. The molecule has 0 aliphatic carbocycles. The van der Waals surface area contributed by atoms with Crippen LogP contribution < -0.4 is 15.6 Å². The summed E-state index contributed by atoms with van der Waals surface area (Å²) in [6, 6.07) is 0.337. The number of carbonyl (C=O) groups is 2. The lowest BCUT2D eigenvalue weighted by atomic mass is 9.93. The highest BCUT2D eigenvalue weighted by Crippen LogP contribution is 2.28. The van der Waals surface area contributed by atoms with E-state index in [-0.39, 0.29) is 24.1 Å². The fourth-order valence-electron chi connectivity index (χ4n) is 9.48. The van der Waals surface area contributed by atoms with Crippen molar-refractivity contribution in [3.63, 3.8) is 0 Å². The van der Waals surface area contributed by atoms with Crippen molar-refractivity contribution >= 4 is 23.9 Å². The number of hydrazine groups is 2. The van der Waals surface area contributed by atoms with Crippen LogP contribution in [0, 0.1) is 5.92 Å². The summed E-state index contributed by atoms with van der Waals surface area (Å²) in [5.41, 5.74) is 4.77. The zero-order valence-electron chi connectivity index (χ0n) is 43.2. The van der Waals surface area contributed by atoms with Crippen LogP contribution in [0.1, 0.15) is 252 Å². The second-order valence-electron chi connectivity index (χ2n) is 19.6. The largest absolute Gasteiger partial charge is 0.466 e. The molecule has 2 aliphatic heterocycles. The standard InChI is InChI=1S/C54H105N5O5S/c1-6-10-14-16-20-26-35-49(36-27-21-17-15-11-7-2)64-53(61)38-29-23-19-25-31-43-58(44-32-41-56-59-51(47-65-57-59)54-50(55-5)40-46-63-54)42-30-24-18-22-28-37-52(60)62-45-39-48(33-12-8-3)34-13-9-4/h47-50,54-57H,6-46H2,1-5H3. The topological polar surface area (TPSA) is 104 Å². The van der Waals surface area contributed by atoms with E-state index in [0.717, 1.165) is 96.3 Å². The number of nitrogens with one attached hydrogen (secondary N) is 3. The number of rotatable bonds is 47. The molecule has 2 heterocycles. The van der Waals surface area contributed by atoms with Crippen molar-refractivity contribution in [2.24, 2.45) is 5.92 Å². The number of unbranched alkanes of at least 4 members (excludes halogenated alkanes) is 20. The second-order valence-corrected chi connectivity index (χ2v) is 20.2. The van der Waals surface area contributed by atoms with Gasteiger partial charge in [0.05, 0.1) is 12.3 Å². The molecule has 0 saturated carbocycles. The van der Waals surface area contributed by atoms with Gasteiger partial charge in [0, 0.05) is 37.4 Å². The molecule has 65 heavy (non-hydrogen) atoms. The third-order valence-electron chi connectivity index (χ3n) is 13.7. The van der Waals surface area contributed by atoms with Gasteiger partial charge in [-0.05, 0) is 115 Å². The van der Waals surface area contributed by atoms with Gasteiger partial charge in [0.2, 0.25) is 0 Å². The Morgan fingerprint density at radius 3 is 1.78 bits per heavy atom. The minimum atomic E-state index is -0.0105. The lowest BCUT2D eigenvalue weighted by Crippen LogP contribution is -2.48. The van der Waals surface area contributed by atoms with Gasteiger partial charge in [-0.2, -0.15) is 4.83 Å². The first-order chi connectivity index (χ1) is 31.9. The maximum atomic E-state index is 13.0. The van der Waals surface area contributed by atoms with E-state index in [9.17, 15) is 9.59 Å². The molecule has 0 bridgehead atoms. The summed E-state index contributed by atoms with van der Waals surface area (Å²) in [4.78, 5) is 31.5. The van der Waals surface area contributed by atoms with Gasteiger partial charge >= 0.3 is 11.9 Å². The van der Waals surface area contributed by atoms with E-state index in [1.807, 2.05) is 7.05 Å². The minimum Gasteiger partial charge on any atom is -0.466 e. The predicted octanol–water partition coefficient (Wildman–Crippen LogP) is 13.9. The summed E-state index contributed by atoms with van der Waals surface area (Å²) < 4.78 is 17.9. The summed E-state index contributed by atoms with van der Waals surface area (Å²) in [5, 5.41) is 7.64. The molecule has 2 rings (SSSR count). The first kappa shape index (κ1) is 59.8. The normalized spacial score (nSPS) is 16.4. The molecule has 0 radical (unpaired) electrons. The molecule has 0 aromatic heterocycles. The zero-order chi connectivity index (χ0) is 46.8. The van der Waals surface area contributed by atoms with Gasteiger partial charge < -0.3 is 24.4 Å². The van der Waals surface area contributed by atoms with E-state index in [4.69, 9.17) is 14.2 Å². The molecule has 0 aromatic carbocycles. The highest BCUT2D eigenvalue weighted by molar-refractivity contribution is 8.00. The Kier molecular flexibility index (Phi) is 39.3. The second kappa shape index (κ2) is 42.7. The third-order valence-corrected chi connectivity index (χ3v) is 14.4. The van der Waals surface area contributed by atoms with Crippen molar-refractivity contribution in [3.05, 3.63) is 11.1 Å². The van der Waals surface area contributed by atoms with Crippen LogP contribution in [0.15, 0.2) is 11.1 Å². The number of likely N-dealkylation sites (N-methyl/N-ethyl adjacent to an activating group) is 1. The summed E-state index contributed by atoms with van der Waals surface area (Å²) in [7, 11) is 2.02. The molecule has 11 heteroatoms. The molecule has 2 atom stereocenters. The van der Waals surface area contributed by atoms with Crippen LogP contribution in [-0.2, 0) is 23.8 Å². The van der Waals surface area contributed by atoms with E-state index >= 15 is 0 Å². The van der Waals surface area contributed by atoms with Crippen LogP contribution in [0.2, 0.25) is 0 Å². The predicted molar refractivity (Wildman–Crippen MR) is 276 cm³/mol. The molecular formula is C54H105N5O5S. The SMILES string of the molecule is CCCCCCCCC(CCCCCCCC)OC(=O)CCCCCCCN(CCCCCCCC(=O)OCCC(CCCC)CCCC)CCCNN1NSC=C1C1OCCC1NC. The van der Waals surface area contributed by atoms with E-state index in [2.05, 4.69) is 58.7 Å². The van der Waals surface area contributed by atoms with Crippen molar-refractivity contribution in [2.45, 2.75) is 271 Å². The van der Waals surface area contributed by atoms with Crippen LogP contribution in [0.5, 0.6) is 0 Å². The molecular weight excluding hydrogens is 831 g/mol. The number of ether oxygens (including phenoxy) is 3. The van der Waals surface area contributed by atoms with E-state index in [1.54, 1.807) is 11.9 Å². The van der Waals surface area contributed by atoms with Crippen LogP contribution >= 0.6 is 11.9 Å². The number of nitrogens with zero attached hydrogens (tertiary/aromatic N) is 2. The van der Waals surface area contributed by atoms with Gasteiger partial charge in [-0.25, -0.2) is 10.5 Å². The third kappa shape index (κ3) is 31.4. The highest BCUT2D eigenvalue weighted by atomic mass is 32.2. The molecule has 0 amide bonds. The lowest BCUT2D eigenvalue weighted by Gasteiger charge is -2.28. The summed E-state index contributed by atoms with van der Waals surface area (Å²) in [6.45, 7) is 14.6. The first-order valence-corrected chi connectivity index (χ1v) is 28.8. The molecule has 2 aliphatic rings. The maximum absolute atomic E-state index is 13.0. The molecule has 0 aromatic rings. The molecule has 2 unspecified atom stereocenters. The van der Waals surface area contributed by atoms with Crippen molar-refractivity contribution in [1.29, 1.82) is 0 Å². The molecule has 1 saturated heterocycles. The van der Waals surface area contributed by atoms with Gasteiger partial charge in [-0.15, -0.1) is 0 Å². The minimum absolute atomic E-state index is 0.0105. The fourth-order valence-corrected chi connectivity index (χ4v) is 10.2. The molecule has 1 fully saturated rings. The van der Waals surface area contributed by atoms with Crippen molar-refractivity contribution < 1.29 is 23.8 Å². The Labute approximate surface area is 405 Å². The molecule has 3 N–H and O–H groups in total. The van der Waals surface area contributed by atoms with Gasteiger partial charge in [-0.3, -0.25) is 9.59 Å². The Morgan fingerprint density at radius 2 is 1.20 bits per heavy atom. The summed E-state index contributed by atoms with van der Waals surface area (Å²) in [5.74, 6) is 0.717. The Hall–Kier alpha value is -1.37. The highest BCUT2D eigenvalue weighted by Gasteiger charge is 2.35. The average molecular weight is 937 g/mol. The number of esters is 2. The maximum Gasteiger partial charge on any atom is 0.306 e. The van der Waals surface area contributed by atoms with Crippen LogP contribution in [0.3, 0.4) is 0 Å².